The predicted molar refractivity (Wildman–Crippen MR) is 109 cm³/mol. The molecule has 0 aliphatic heterocycles. The molecule has 3 rings (SSSR count). The number of hydrogen-bond acceptors (Lipinski definition) is 2. The summed E-state index contributed by atoms with van der Waals surface area (Å²) in [6.07, 6.45) is 0. The fourth-order valence-electron chi connectivity index (χ4n) is 2.56. The smallest absolute Gasteiger partial charge is 0.262 e. The van der Waals surface area contributed by atoms with E-state index in [4.69, 9.17) is 4.74 Å². The van der Waals surface area contributed by atoms with Crippen LogP contribution in [0, 0.1) is 25.7 Å². The number of nitrogens with one attached hydrogen (secondary N) is 1. The van der Waals surface area contributed by atoms with Crippen LogP contribution in [0.3, 0.4) is 0 Å². The van der Waals surface area contributed by atoms with Gasteiger partial charge in [-0.1, -0.05) is 48.2 Å². The summed E-state index contributed by atoms with van der Waals surface area (Å²) in [4.78, 5) is 12.2. The minimum Gasteiger partial charge on any atom is -0.483 e. The maximum atomic E-state index is 12.2. The quantitative estimate of drug-likeness (QED) is 0.688. The van der Waals surface area contributed by atoms with Gasteiger partial charge in [-0.15, -0.1) is 0 Å². The van der Waals surface area contributed by atoms with Gasteiger partial charge in [-0.2, -0.15) is 0 Å². The number of rotatable bonds is 4. The first kappa shape index (κ1) is 18.3. The first-order valence-electron chi connectivity index (χ1n) is 8.78. The van der Waals surface area contributed by atoms with E-state index in [1.165, 1.54) is 0 Å². The van der Waals surface area contributed by atoms with Gasteiger partial charge in [0.2, 0.25) is 0 Å². The lowest BCUT2D eigenvalue weighted by molar-refractivity contribution is -0.118. The first-order chi connectivity index (χ1) is 13.1. The highest BCUT2D eigenvalue weighted by molar-refractivity contribution is 5.92. The summed E-state index contributed by atoms with van der Waals surface area (Å²) in [7, 11) is 0. The number of carbonyl (C=O) groups excluding carboxylic acids is 1. The van der Waals surface area contributed by atoms with E-state index in [9.17, 15) is 4.79 Å². The Balaban J connectivity index is 1.61. The van der Waals surface area contributed by atoms with Gasteiger partial charge in [-0.3, -0.25) is 4.79 Å². The molecule has 0 saturated carbocycles. The van der Waals surface area contributed by atoms with Crippen molar-refractivity contribution in [2.75, 3.05) is 11.9 Å². The third-order valence-electron chi connectivity index (χ3n) is 4.18. The van der Waals surface area contributed by atoms with E-state index >= 15 is 0 Å². The maximum absolute atomic E-state index is 12.2. The van der Waals surface area contributed by atoms with E-state index in [2.05, 4.69) is 17.2 Å². The number of benzene rings is 3. The zero-order valence-electron chi connectivity index (χ0n) is 15.5. The molecular formula is C24H21NO2. The molecule has 3 heteroatoms. The average molecular weight is 355 g/mol. The van der Waals surface area contributed by atoms with Crippen molar-refractivity contribution >= 4 is 11.6 Å². The standard InChI is InChI=1S/C24H21NO2/c1-18-8-6-13-23(19(18)2)27-17-24(26)25-22-12-7-11-21(16-22)15-14-20-9-4-3-5-10-20/h3-13,16H,17H2,1-2H3,(H,25,26). The molecule has 1 N–H and O–H groups in total. The average Bonchev–Trinajstić information content (AvgIpc) is 2.69. The molecule has 0 bridgehead atoms. The van der Waals surface area contributed by atoms with Crippen molar-refractivity contribution in [3.63, 3.8) is 0 Å². The number of aryl methyl sites for hydroxylation is 1. The molecule has 0 aliphatic rings. The second-order valence-corrected chi connectivity index (χ2v) is 6.23. The number of amides is 1. The highest BCUT2D eigenvalue weighted by atomic mass is 16.5. The third kappa shape index (κ3) is 5.23. The highest BCUT2D eigenvalue weighted by Gasteiger charge is 2.06. The molecule has 0 fully saturated rings. The second kappa shape index (κ2) is 8.73. The Kier molecular flexibility index (Phi) is 5.91. The monoisotopic (exact) mass is 355 g/mol. The highest BCUT2D eigenvalue weighted by Crippen LogP contribution is 2.20. The summed E-state index contributed by atoms with van der Waals surface area (Å²) in [5, 5.41) is 2.85. The molecule has 0 radical (unpaired) electrons. The molecule has 0 aliphatic carbocycles. The lowest BCUT2D eigenvalue weighted by Gasteiger charge is -2.11. The molecule has 3 nitrogen and oxygen atoms in total. The fraction of sp³-hybridized carbons (Fsp3) is 0.125. The second-order valence-electron chi connectivity index (χ2n) is 6.23. The van der Waals surface area contributed by atoms with Crippen LogP contribution in [-0.2, 0) is 4.79 Å². The minimum atomic E-state index is -0.205. The molecule has 27 heavy (non-hydrogen) atoms. The molecule has 0 atom stereocenters. The Bertz CT molecular complexity index is 998. The van der Waals surface area contributed by atoms with Crippen LogP contribution in [0.4, 0.5) is 5.69 Å². The zero-order chi connectivity index (χ0) is 19.1. The summed E-state index contributed by atoms with van der Waals surface area (Å²) in [6, 6.07) is 23.1. The van der Waals surface area contributed by atoms with Crippen LogP contribution in [0.1, 0.15) is 22.3 Å². The summed E-state index contributed by atoms with van der Waals surface area (Å²) < 4.78 is 5.65. The van der Waals surface area contributed by atoms with E-state index in [0.717, 1.165) is 28.0 Å². The van der Waals surface area contributed by atoms with E-state index in [0.29, 0.717) is 5.69 Å². The van der Waals surface area contributed by atoms with Crippen molar-refractivity contribution < 1.29 is 9.53 Å². The minimum absolute atomic E-state index is 0.0375. The Morgan fingerprint density at radius 1 is 0.889 bits per heavy atom. The van der Waals surface area contributed by atoms with E-state index < -0.39 is 0 Å². The normalized spacial score (nSPS) is 9.85. The van der Waals surface area contributed by atoms with Gasteiger partial charge in [-0.25, -0.2) is 0 Å². The number of ether oxygens (including phenoxy) is 1. The van der Waals surface area contributed by atoms with Gasteiger partial charge >= 0.3 is 0 Å². The van der Waals surface area contributed by atoms with Crippen LogP contribution >= 0.6 is 0 Å². The lowest BCUT2D eigenvalue weighted by Crippen LogP contribution is -2.20. The van der Waals surface area contributed by atoms with Gasteiger partial charge in [0, 0.05) is 16.8 Å². The van der Waals surface area contributed by atoms with Crippen molar-refractivity contribution in [1.29, 1.82) is 0 Å². The molecule has 3 aromatic carbocycles. The molecular weight excluding hydrogens is 334 g/mol. The molecule has 0 spiro atoms. The molecule has 134 valence electrons. The maximum Gasteiger partial charge on any atom is 0.262 e. The summed E-state index contributed by atoms with van der Waals surface area (Å²) in [5.74, 6) is 6.75. The van der Waals surface area contributed by atoms with Gasteiger partial charge in [0.25, 0.3) is 5.91 Å². The number of anilines is 1. The molecule has 1 amide bonds. The van der Waals surface area contributed by atoms with E-state index in [1.807, 2.05) is 86.6 Å². The summed E-state index contributed by atoms with van der Waals surface area (Å²) >= 11 is 0. The fourth-order valence-corrected chi connectivity index (χ4v) is 2.56. The van der Waals surface area contributed by atoms with Crippen molar-refractivity contribution in [2.45, 2.75) is 13.8 Å². The van der Waals surface area contributed by atoms with Crippen LogP contribution in [0.5, 0.6) is 5.75 Å². The first-order valence-corrected chi connectivity index (χ1v) is 8.78. The van der Waals surface area contributed by atoms with Crippen molar-refractivity contribution in [1.82, 2.24) is 0 Å². The number of hydrogen-bond donors (Lipinski definition) is 1. The van der Waals surface area contributed by atoms with Crippen molar-refractivity contribution in [2.24, 2.45) is 0 Å². The number of carbonyl (C=O) groups is 1. The largest absolute Gasteiger partial charge is 0.483 e. The SMILES string of the molecule is Cc1cccc(OCC(=O)Nc2cccc(C#Cc3ccccc3)c2)c1C. The molecule has 3 aromatic rings. The van der Waals surface area contributed by atoms with Crippen molar-refractivity contribution in [3.05, 3.63) is 95.1 Å². The Morgan fingerprint density at radius 2 is 1.59 bits per heavy atom. The predicted octanol–water partition coefficient (Wildman–Crippen LogP) is 4.72. The Hall–Kier alpha value is -3.51. The van der Waals surface area contributed by atoms with Gasteiger partial charge < -0.3 is 10.1 Å². The Labute approximate surface area is 160 Å². The third-order valence-corrected chi connectivity index (χ3v) is 4.18. The van der Waals surface area contributed by atoms with Crippen LogP contribution in [0.25, 0.3) is 0 Å². The van der Waals surface area contributed by atoms with Crippen LogP contribution < -0.4 is 10.1 Å². The lowest BCUT2D eigenvalue weighted by atomic mass is 10.1. The van der Waals surface area contributed by atoms with Gasteiger partial charge in [-0.05, 0) is 61.4 Å². The zero-order valence-corrected chi connectivity index (χ0v) is 15.5. The summed E-state index contributed by atoms with van der Waals surface area (Å²) in [5.41, 5.74) is 4.67. The Morgan fingerprint density at radius 3 is 2.41 bits per heavy atom. The van der Waals surface area contributed by atoms with Gasteiger partial charge in [0.1, 0.15) is 5.75 Å². The van der Waals surface area contributed by atoms with Crippen LogP contribution in [-0.4, -0.2) is 12.5 Å². The van der Waals surface area contributed by atoms with E-state index in [1.54, 1.807) is 0 Å². The van der Waals surface area contributed by atoms with Gasteiger partial charge in [0.15, 0.2) is 6.61 Å². The molecule has 0 aromatic heterocycles. The molecule has 0 heterocycles. The summed E-state index contributed by atoms with van der Waals surface area (Å²) in [6.45, 7) is 3.96. The molecule has 0 unspecified atom stereocenters. The van der Waals surface area contributed by atoms with E-state index in [-0.39, 0.29) is 12.5 Å². The van der Waals surface area contributed by atoms with Crippen LogP contribution in [0.2, 0.25) is 0 Å². The van der Waals surface area contributed by atoms with Gasteiger partial charge in [0.05, 0.1) is 0 Å². The van der Waals surface area contributed by atoms with Crippen molar-refractivity contribution in [3.8, 4) is 17.6 Å². The topological polar surface area (TPSA) is 38.3 Å². The van der Waals surface area contributed by atoms with Crippen LogP contribution in [0.15, 0.2) is 72.8 Å². The molecule has 0 saturated heterocycles.